The average molecular weight is 242 g/mol. The standard InChI is InChI=1S/C11H20NO3Si/c1-5-11-8-6-7-9-12(11)10-16(13-2,14-3)15-4/h6-9H,5,10H2,1-4H3/q+1. The Balaban J connectivity index is 2.93. The molecule has 0 saturated carbocycles. The summed E-state index contributed by atoms with van der Waals surface area (Å²) in [7, 11) is 2.36. The summed E-state index contributed by atoms with van der Waals surface area (Å²) in [5.74, 6) is 0. The third kappa shape index (κ3) is 2.88. The average Bonchev–Trinajstić information content (AvgIpc) is 2.36. The summed E-state index contributed by atoms with van der Waals surface area (Å²) in [6.45, 7) is 2.13. The molecule has 0 radical (unpaired) electrons. The Kier molecular flexibility index (Phi) is 5.07. The molecule has 4 nitrogen and oxygen atoms in total. The maximum absolute atomic E-state index is 5.41. The van der Waals surface area contributed by atoms with Crippen LogP contribution in [0.2, 0.25) is 0 Å². The second-order valence-electron chi connectivity index (χ2n) is 3.47. The highest BCUT2D eigenvalue weighted by Crippen LogP contribution is 2.06. The lowest BCUT2D eigenvalue weighted by atomic mass is 10.3. The third-order valence-corrected chi connectivity index (χ3v) is 5.29. The largest absolute Gasteiger partial charge is 0.569 e. The van der Waals surface area contributed by atoms with Crippen LogP contribution < -0.4 is 4.57 Å². The van der Waals surface area contributed by atoms with E-state index in [9.17, 15) is 0 Å². The summed E-state index contributed by atoms with van der Waals surface area (Å²) in [5, 5.41) is 0. The van der Waals surface area contributed by atoms with Crippen molar-refractivity contribution < 1.29 is 17.8 Å². The molecule has 0 aliphatic rings. The number of hydrogen-bond acceptors (Lipinski definition) is 3. The summed E-state index contributed by atoms with van der Waals surface area (Å²) in [6, 6.07) is 6.13. The van der Waals surface area contributed by atoms with Crippen LogP contribution in [0.25, 0.3) is 0 Å². The fourth-order valence-corrected chi connectivity index (χ4v) is 3.25. The molecule has 5 heteroatoms. The van der Waals surface area contributed by atoms with E-state index in [0.29, 0.717) is 6.17 Å². The Labute approximate surface area is 98.1 Å². The molecule has 0 amide bonds. The SMILES string of the molecule is CCc1cccc[n+]1C[Si](OC)(OC)OC. The van der Waals surface area contributed by atoms with Crippen LogP contribution in [0.4, 0.5) is 0 Å². The number of hydrogen-bond donors (Lipinski definition) is 0. The number of rotatable bonds is 6. The Morgan fingerprint density at radius 1 is 1.12 bits per heavy atom. The van der Waals surface area contributed by atoms with Gasteiger partial charge >= 0.3 is 8.80 Å². The van der Waals surface area contributed by atoms with Gasteiger partial charge in [-0.25, -0.2) is 0 Å². The summed E-state index contributed by atoms with van der Waals surface area (Å²) in [4.78, 5) is 0. The van der Waals surface area contributed by atoms with Gasteiger partial charge in [0.1, 0.15) is 0 Å². The first-order valence-electron chi connectivity index (χ1n) is 5.34. The van der Waals surface area contributed by atoms with Crippen LogP contribution in [0.15, 0.2) is 24.4 Å². The molecule has 1 aromatic heterocycles. The minimum Gasteiger partial charge on any atom is -0.373 e. The second kappa shape index (κ2) is 6.10. The normalized spacial score (nSPS) is 11.8. The molecule has 0 N–H and O–H groups in total. The van der Waals surface area contributed by atoms with Gasteiger partial charge in [-0.1, -0.05) is 13.0 Å². The van der Waals surface area contributed by atoms with Gasteiger partial charge in [0.25, 0.3) is 0 Å². The van der Waals surface area contributed by atoms with Crippen LogP contribution in [0.5, 0.6) is 0 Å². The zero-order chi connectivity index (χ0) is 12.0. The Bertz CT molecular complexity index is 320. The van der Waals surface area contributed by atoms with Gasteiger partial charge in [-0.2, -0.15) is 4.57 Å². The molecule has 0 saturated heterocycles. The van der Waals surface area contributed by atoms with Crippen molar-refractivity contribution in [3.63, 3.8) is 0 Å². The van der Waals surface area contributed by atoms with Crippen LogP contribution in [0.1, 0.15) is 12.6 Å². The van der Waals surface area contributed by atoms with Crippen molar-refractivity contribution in [2.24, 2.45) is 0 Å². The van der Waals surface area contributed by atoms with Gasteiger partial charge in [0, 0.05) is 39.9 Å². The van der Waals surface area contributed by atoms with Crippen LogP contribution >= 0.6 is 0 Å². The van der Waals surface area contributed by atoms with E-state index in [1.807, 2.05) is 18.3 Å². The first-order valence-corrected chi connectivity index (χ1v) is 7.27. The molecule has 0 atom stereocenters. The van der Waals surface area contributed by atoms with Gasteiger partial charge in [0.15, 0.2) is 11.9 Å². The van der Waals surface area contributed by atoms with Gasteiger partial charge in [-0.15, -0.1) is 0 Å². The van der Waals surface area contributed by atoms with E-state index in [0.717, 1.165) is 6.42 Å². The van der Waals surface area contributed by atoms with Crippen molar-refractivity contribution in [2.75, 3.05) is 21.3 Å². The molecule has 16 heavy (non-hydrogen) atoms. The maximum atomic E-state index is 5.41. The number of aryl methyl sites for hydroxylation is 1. The Morgan fingerprint density at radius 3 is 2.25 bits per heavy atom. The molecule has 0 aromatic carbocycles. The molecule has 0 spiro atoms. The zero-order valence-electron chi connectivity index (χ0n) is 10.4. The number of nitrogens with zero attached hydrogens (tertiary/aromatic N) is 1. The first-order chi connectivity index (χ1) is 7.71. The van der Waals surface area contributed by atoms with Gasteiger partial charge in [0.05, 0.1) is 0 Å². The van der Waals surface area contributed by atoms with Crippen molar-refractivity contribution in [3.05, 3.63) is 30.1 Å². The molecule has 90 valence electrons. The van der Waals surface area contributed by atoms with Gasteiger partial charge in [0.2, 0.25) is 6.17 Å². The van der Waals surface area contributed by atoms with E-state index in [1.54, 1.807) is 21.3 Å². The van der Waals surface area contributed by atoms with Crippen LogP contribution in [0.3, 0.4) is 0 Å². The van der Waals surface area contributed by atoms with Crippen molar-refractivity contribution in [2.45, 2.75) is 19.5 Å². The van der Waals surface area contributed by atoms with Crippen LogP contribution in [0, 0.1) is 0 Å². The summed E-state index contributed by atoms with van der Waals surface area (Å²) >= 11 is 0. The highest BCUT2D eigenvalue weighted by molar-refractivity contribution is 6.58. The molecule has 0 unspecified atom stereocenters. The Hall–Kier alpha value is -0.753. The van der Waals surface area contributed by atoms with Gasteiger partial charge < -0.3 is 13.3 Å². The summed E-state index contributed by atoms with van der Waals surface area (Å²) in [6.07, 6.45) is 3.64. The van der Waals surface area contributed by atoms with Crippen molar-refractivity contribution in [3.8, 4) is 0 Å². The first kappa shape index (κ1) is 13.3. The van der Waals surface area contributed by atoms with E-state index in [4.69, 9.17) is 13.3 Å². The lowest BCUT2D eigenvalue weighted by Gasteiger charge is -2.21. The maximum Gasteiger partial charge on any atom is 0.569 e. The molecule has 0 aliphatic heterocycles. The molecule has 0 bridgehead atoms. The molecule has 0 fully saturated rings. The fraction of sp³-hybridized carbons (Fsp3) is 0.545. The van der Waals surface area contributed by atoms with Crippen LogP contribution in [-0.4, -0.2) is 30.1 Å². The van der Waals surface area contributed by atoms with E-state index in [2.05, 4.69) is 17.6 Å². The van der Waals surface area contributed by atoms with E-state index < -0.39 is 8.80 Å². The molecular formula is C11H20NO3Si+. The minimum atomic E-state index is -2.54. The summed E-state index contributed by atoms with van der Waals surface area (Å²) < 4.78 is 18.4. The predicted octanol–water partition coefficient (Wildman–Crippen LogP) is 0.954. The van der Waals surface area contributed by atoms with E-state index in [1.165, 1.54) is 5.69 Å². The molecule has 1 heterocycles. The third-order valence-electron chi connectivity index (χ3n) is 2.69. The van der Waals surface area contributed by atoms with Crippen molar-refractivity contribution >= 4 is 8.80 Å². The highest BCUT2D eigenvalue weighted by atomic mass is 28.4. The smallest absolute Gasteiger partial charge is 0.373 e. The topological polar surface area (TPSA) is 31.6 Å². The summed E-state index contributed by atoms with van der Waals surface area (Å²) in [5.41, 5.74) is 1.24. The van der Waals surface area contributed by atoms with Gasteiger partial charge in [-0.3, -0.25) is 0 Å². The Morgan fingerprint density at radius 2 is 1.75 bits per heavy atom. The zero-order valence-corrected chi connectivity index (χ0v) is 11.4. The minimum absolute atomic E-state index is 0.639. The molecular weight excluding hydrogens is 222 g/mol. The number of pyridine rings is 1. The fourth-order valence-electron chi connectivity index (χ4n) is 1.64. The van der Waals surface area contributed by atoms with Crippen molar-refractivity contribution in [1.29, 1.82) is 0 Å². The highest BCUT2D eigenvalue weighted by Gasteiger charge is 2.44. The number of aromatic nitrogens is 1. The quantitative estimate of drug-likeness (QED) is 0.550. The lowest BCUT2D eigenvalue weighted by Crippen LogP contribution is -2.57. The molecule has 0 aliphatic carbocycles. The lowest BCUT2D eigenvalue weighted by molar-refractivity contribution is -0.692. The van der Waals surface area contributed by atoms with E-state index >= 15 is 0 Å². The van der Waals surface area contributed by atoms with Crippen molar-refractivity contribution in [1.82, 2.24) is 0 Å². The molecule has 1 rings (SSSR count). The van der Waals surface area contributed by atoms with Gasteiger partial charge in [-0.05, 0) is 0 Å². The second-order valence-corrected chi connectivity index (χ2v) is 6.38. The van der Waals surface area contributed by atoms with E-state index in [-0.39, 0.29) is 0 Å². The monoisotopic (exact) mass is 242 g/mol. The molecule has 1 aromatic rings. The van der Waals surface area contributed by atoms with Crippen LogP contribution in [-0.2, 0) is 25.9 Å². The predicted molar refractivity (Wildman–Crippen MR) is 62.8 cm³/mol.